The molecule has 3 nitrogen and oxygen atoms in total. The van der Waals surface area contributed by atoms with Crippen molar-refractivity contribution in [2.75, 3.05) is 13.1 Å². The number of carbonyl (C=O) groups excluding carboxylic acids is 1. The second-order valence-electron chi connectivity index (χ2n) is 3.76. The molecule has 0 radical (unpaired) electrons. The highest BCUT2D eigenvalue weighted by atomic mass is 16.1. The molecule has 1 fully saturated rings. The van der Waals surface area contributed by atoms with E-state index < -0.39 is 0 Å². The van der Waals surface area contributed by atoms with Gasteiger partial charge < -0.3 is 5.73 Å². The molecule has 0 bridgehead atoms. The summed E-state index contributed by atoms with van der Waals surface area (Å²) in [7, 11) is 0. The number of nitrogens with two attached hydrogens (primary N) is 1. The van der Waals surface area contributed by atoms with Gasteiger partial charge in [-0.15, -0.1) is 12.3 Å². The zero-order valence-corrected chi connectivity index (χ0v) is 8.54. The molecule has 0 aromatic carbocycles. The number of amides is 1. The Morgan fingerprint density at radius 1 is 1.57 bits per heavy atom. The van der Waals surface area contributed by atoms with E-state index in [4.69, 9.17) is 12.2 Å². The minimum Gasteiger partial charge on any atom is -0.368 e. The summed E-state index contributed by atoms with van der Waals surface area (Å²) in [6.45, 7) is 1.88. The minimum atomic E-state index is -0.189. The molecule has 0 saturated carbocycles. The van der Waals surface area contributed by atoms with Crippen molar-refractivity contribution >= 4 is 5.91 Å². The summed E-state index contributed by atoms with van der Waals surface area (Å²) in [6, 6.07) is -0.0541. The fraction of sp³-hybridized carbons (Fsp3) is 0.727. The quantitative estimate of drug-likeness (QED) is 0.530. The Morgan fingerprint density at radius 2 is 2.36 bits per heavy atom. The number of unbranched alkanes of at least 4 members (excludes halogenated alkanes) is 1. The Labute approximate surface area is 85.6 Å². The number of piperidine rings is 1. The summed E-state index contributed by atoms with van der Waals surface area (Å²) in [5.74, 6) is 2.42. The molecule has 1 atom stereocenters. The van der Waals surface area contributed by atoms with Crippen LogP contribution in [0.25, 0.3) is 0 Å². The lowest BCUT2D eigenvalue weighted by Gasteiger charge is -2.33. The van der Waals surface area contributed by atoms with Crippen LogP contribution >= 0.6 is 0 Å². The van der Waals surface area contributed by atoms with Gasteiger partial charge in [-0.2, -0.15) is 0 Å². The molecule has 1 amide bonds. The summed E-state index contributed by atoms with van der Waals surface area (Å²) in [4.78, 5) is 13.3. The molecule has 1 saturated heterocycles. The second-order valence-corrected chi connectivity index (χ2v) is 3.76. The third-order valence-electron chi connectivity index (χ3n) is 2.71. The van der Waals surface area contributed by atoms with Crippen LogP contribution in [0.5, 0.6) is 0 Å². The highest BCUT2D eigenvalue weighted by molar-refractivity contribution is 5.79. The van der Waals surface area contributed by atoms with E-state index in [0.717, 1.165) is 38.8 Å². The van der Waals surface area contributed by atoms with E-state index >= 15 is 0 Å². The van der Waals surface area contributed by atoms with Gasteiger partial charge in [0.15, 0.2) is 0 Å². The molecule has 0 aromatic rings. The number of carbonyl (C=O) groups is 1. The summed E-state index contributed by atoms with van der Waals surface area (Å²) < 4.78 is 0. The lowest BCUT2D eigenvalue weighted by molar-refractivity contribution is -0.124. The summed E-state index contributed by atoms with van der Waals surface area (Å²) >= 11 is 0. The lowest BCUT2D eigenvalue weighted by Crippen LogP contribution is -2.47. The Kier molecular flexibility index (Phi) is 4.48. The molecule has 3 heteroatoms. The SMILES string of the molecule is C#CCCCN1CCCCC1C(N)=O. The minimum absolute atomic E-state index is 0.0541. The van der Waals surface area contributed by atoms with Gasteiger partial charge in [0.1, 0.15) is 0 Å². The molecule has 1 rings (SSSR count). The molecule has 0 aliphatic carbocycles. The first-order valence-corrected chi connectivity index (χ1v) is 5.22. The number of likely N-dealkylation sites (tertiary alicyclic amines) is 1. The van der Waals surface area contributed by atoms with E-state index in [2.05, 4.69) is 10.8 Å². The van der Waals surface area contributed by atoms with Crippen LogP contribution in [0.4, 0.5) is 0 Å². The summed E-state index contributed by atoms with van der Waals surface area (Å²) in [5.41, 5.74) is 5.34. The molecule has 0 aromatic heterocycles. The van der Waals surface area contributed by atoms with Crippen molar-refractivity contribution < 1.29 is 4.79 Å². The van der Waals surface area contributed by atoms with E-state index in [9.17, 15) is 4.79 Å². The fourth-order valence-corrected chi connectivity index (χ4v) is 1.97. The zero-order chi connectivity index (χ0) is 10.4. The van der Waals surface area contributed by atoms with Gasteiger partial charge >= 0.3 is 0 Å². The highest BCUT2D eigenvalue weighted by Gasteiger charge is 2.25. The van der Waals surface area contributed by atoms with Crippen molar-refractivity contribution in [2.24, 2.45) is 5.73 Å². The largest absolute Gasteiger partial charge is 0.368 e. The van der Waals surface area contributed by atoms with Crippen molar-refractivity contribution in [3.63, 3.8) is 0 Å². The molecule has 1 unspecified atom stereocenters. The van der Waals surface area contributed by atoms with Crippen LogP contribution in [0.15, 0.2) is 0 Å². The number of hydrogen-bond acceptors (Lipinski definition) is 2. The van der Waals surface area contributed by atoms with Gasteiger partial charge in [0.25, 0.3) is 0 Å². The van der Waals surface area contributed by atoms with Gasteiger partial charge in [0, 0.05) is 6.42 Å². The first-order valence-electron chi connectivity index (χ1n) is 5.22. The van der Waals surface area contributed by atoms with Crippen LogP contribution in [0.1, 0.15) is 32.1 Å². The van der Waals surface area contributed by atoms with Crippen molar-refractivity contribution in [3.05, 3.63) is 0 Å². The molecular formula is C11H18N2O. The predicted molar refractivity (Wildman–Crippen MR) is 56.5 cm³/mol. The van der Waals surface area contributed by atoms with E-state index in [1.165, 1.54) is 6.42 Å². The number of nitrogens with zero attached hydrogens (tertiary/aromatic N) is 1. The lowest BCUT2D eigenvalue weighted by atomic mass is 10.0. The van der Waals surface area contributed by atoms with E-state index in [0.29, 0.717) is 0 Å². The predicted octanol–water partition coefficient (Wildman–Crippen LogP) is 0.740. The molecule has 78 valence electrons. The maximum absolute atomic E-state index is 11.1. The van der Waals surface area contributed by atoms with Gasteiger partial charge in [-0.05, 0) is 32.4 Å². The first kappa shape index (κ1) is 11.1. The molecule has 1 aliphatic heterocycles. The molecule has 1 aliphatic rings. The Bertz CT molecular complexity index is 232. The van der Waals surface area contributed by atoms with Crippen molar-refractivity contribution in [2.45, 2.75) is 38.1 Å². The van der Waals surface area contributed by atoms with E-state index in [-0.39, 0.29) is 11.9 Å². The normalized spacial score (nSPS) is 22.9. The van der Waals surface area contributed by atoms with Crippen molar-refractivity contribution in [1.82, 2.24) is 4.90 Å². The van der Waals surface area contributed by atoms with Crippen LogP contribution in [0, 0.1) is 12.3 Å². The van der Waals surface area contributed by atoms with Gasteiger partial charge in [-0.1, -0.05) is 6.42 Å². The maximum atomic E-state index is 11.1. The van der Waals surface area contributed by atoms with Gasteiger partial charge in [-0.25, -0.2) is 0 Å². The second kappa shape index (κ2) is 5.66. The van der Waals surface area contributed by atoms with Crippen LogP contribution in [0.2, 0.25) is 0 Å². The summed E-state index contributed by atoms with van der Waals surface area (Å²) in [5, 5.41) is 0. The van der Waals surface area contributed by atoms with E-state index in [1.54, 1.807) is 0 Å². The Balaban J connectivity index is 2.38. The maximum Gasteiger partial charge on any atom is 0.234 e. The monoisotopic (exact) mass is 194 g/mol. The standard InChI is InChI=1S/C11H18N2O/c1-2-3-5-8-13-9-6-4-7-10(13)11(12)14/h1,10H,3-9H2,(H2,12,14). The number of primary amides is 1. The van der Waals surface area contributed by atoms with Crippen LogP contribution in [-0.4, -0.2) is 29.9 Å². The fourth-order valence-electron chi connectivity index (χ4n) is 1.97. The molecule has 1 heterocycles. The average molecular weight is 194 g/mol. The van der Waals surface area contributed by atoms with Crippen LogP contribution in [-0.2, 0) is 4.79 Å². The van der Waals surface area contributed by atoms with Gasteiger partial charge in [0.2, 0.25) is 5.91 Å². The smallest absolute Gasteiger partial charge is 0.234 e. The number of rotatable bonds is 4. The van der Waals surface area contributed by atoms with Gasteiger partial charge in [-0.3, -0.25) is 9.69 Å². The van der Waals surface area contributed by atoms with Crippen LogP contribution < -0.4 is 5.73 Å². The topological polar surface area (TPSA) is 46.3 Å². The van der Waals surface area contributed by atoms with E-state index in [1.807, 2.05) is 0 Å². The summed E-state index contributed by atoms with van der Waals surface area (Å²) in [6.07, 6.45) is 10.1. The Morgan fingerprint density at radius 3 is 3.00 bits per heavy atom. The molecule has 14 heavy (non-hydrogen) atoms. The van der Waals surface area contributed by atoms with Gasteiger partial charge in [0.05, 0.1) is 6.04 Å². The molecular weight excluding hydrogens is 176 g/mol. The number of terminal acetylenes is 1. The average Bonchev–Trinajstić information content (AvgIpc) is 2.19. The first-order chi connectivity index (χ1) is 6.75. The van der Waals surface area contributed by atoms with Crippen molar-refractivity contribution in [1.29, 1.82) is 0 Å². The third-order valence-corrected chi connectivity index (χ3v) is 2.71. The zero-order valence-electron chi connectivity index (χ0n) is 8.54. The number of hydrogen-bond donors (Lipinski definition) is 1. The third kappa shape index (κ3) is 3.04. The van der Waals surface area contributed by atoms with Crippen molar-refractivity contribution in [3.8, 4) is 12.3 Å². The van der Waals surface area contributed by atoms with Crippen LogP contribution in [0.3, 0.4) is 0 Å². The highest BCUT2D eigenvalue weighted by Crippen LogP contribution is 2.16. The molecule has 2 N–H and O–H groups in total. The Hall–Kier alpha value is -1.01. The molecule has 0 spiro atoms.